The van der Waals surface area contributed by atoms with Gasteiger partial charge in [-0.1, -0.05) is 0 Å². The summed E-state index contributed by atoms with van der Waals surface area (Å²) in [4.78, 5) is 27.9. The van der Waals surface area contributed by atoms with E-state index in [9.17, 15) is 9.59 Å². The van der Waals surface area contributed by atoms with E-state index in [1.807, 2.05) is 0 Å². The highest BCUT2D eigenvalue weighted by molar-refractivity contribution is 5.83. The molecule has 1 rings (SSSR count). The van der Waals surface area contributed by atoms with Crippen LogP contribution in [0.1, 0.15) is 28.8 Å². The number of carbonyl (C=O) groups is 1. The summed E-state index contributed by atoms with van der Waals surface area (Å²) in [5, 5.41) is 8.68. The zero-order valence-electron chi connectivity index (χ0n) is 8.53. The predicted octanol–water partition coefficient (Wildman–Crippen LogP) is 0.313. The maximum absolute atomic E-state index is 11.3. The number of carboxylic acid groups (broad SMARTS) is 1. The summed E-state index contributed by atoms with van der Waals surface area (Å²) in [7, 11) is 0. The van der Waals surface area contributed by atoms with Crippen molar-refractivity contribution in [2.24, 2.45) is 0 Å². The monoisotopic (exact) mass is 212 g/mol. The summed E-state index contributed by atoms with van der Waals surface area (Å²) in [6.07, 6.45) is 0. The third-order valence-electron chi connectivity index (χ3n) is 1.90. The fourth-order valence-electron chi connectivity index (χ4n) is 1.02. The van der Waals surface area contributed by atoms with Gasteiger partial charge < -0.3 is 14.8 Å². The molecule has 15 heavy (non-hydrogen) atoms. The average molecular weight is 212 g/mol. The zero-order chi connectivity index (χ0) is 11.4. The third kappa shape index (κ3) is 2.63. The highest BCUT2D eigenvalue weighted by Gasteiger charge is 2.11. The number of hydrogen-bond acceptors (Lipinski definition) is 4. The number of rotatable bonds is 4. The molecule has 1 aromatic heterocycles. The molecule has 0 fully saturated rings. The molecular weight excluding hydrogens is 200 g/mol. The Kier molecular flexibility index (Phi) is 3.56. The van der Waals surface area contributed by atoms with E-state index >= 15 is 0 Å². The lowest BCUT2D eigenvalue weighted by atomic mass is 10.2. The summed E-state index contributed by atoms with van der Waals surface area (Å²) in [5.41, 5.74) is 0.295. The molecule has 0 aliphatic rings. The Bertz CT molecular complexity index is 425. The van der Waals surface area contributed by atoms with Gasteiger partial charge >= 0.3 is 5.97 Å². The Morgan fingerprint density at radius 2 is 2.27 bits per heavy atom. The number of aromatic nitrogens is 2. The standard InChI is InChI=1S/C9H12N2O4/c1-3-15-4-6-5(2)8(12)11-7(10-6)9(13)14/h3-4H2,1-2H3,(H,13,14)(H,10,11,12). The fourth-order valence-corrected chi connectivity index (χ4v) is 1.02. The van der Waals surface area contributed by atoms with Crippen molar-refractivity contribution in [3.8, 4) is 0 Å². The van der Waals surface area contributed by atoms with Crippen molar-refractivity contribution in [2.75, 3.05) is 6.61 Å². The van der Waals surface area contributed by atoms with Crippen LogP contribution in [0.4, 0.5) is 0 Å². The molecule has 0 unspecified atom stereocenters. The second-order valence-electron chi connectivity index (χ2n) is 2.93. The van der Waals surface area contributed by atoms with Gasteiger partial charge in [0.25, 0.3) is 5.56 Å². The minimum Gasteiger partial charge on any atom is -0.475 e. The molecule has 6 nitrogen and oxygen atoms in total. The Labute approximate surface area is 85.9 Å². The topological polar surface area (TPSA) is 92.3 Å². The molecular formula is C9H12N2O4. The molecule has 0 spiro atoms. The van der Waals surface area contributed by atoms with Gasteiger partial charge in [0.15, 0.2) is 0 Å². The van der Waals surface area contributed by atoms with Gasteiger partial charge in [-0.05, 0) is 13.8 Å². The van der Waals surface area contributed by atoms with Crippen molar-refractivity contribution in [1.29, 1.82) is 0 Å². The van der Waals surface area contributed by atoms with Crippen LogP contribution in [-0.4, -0.2) is 27.7 Å². The lowest BCUT2D eigenvalue weighted by Gasteiger charge is -2.04. The molecule has 82 valence electrons. The molecule has 0 amide bonds. The van der Waals surface area contributed by atoms with Gasteiger partial charge in [0.05, 0.1) is 12.3 Å². The van der Waals surface area contributed by atoms with E-state index in [4.69, 9.17) is 9.84 Å². The number of nitrogens with zero attached hydrogens (tertiary/aromatic N) is 1. The summed E-state index contributed by atoms with van der Waals surface area (Å²) in [6, 6.07) is 0. The highest BCUT2D eigenvalue weighted by atomic mass is 16.5. The molecule has 6 heteroatoms. The number of H-pyrrole nitrogens is 1. The molecule has 1 aromatic rings. The van der Waals surface area contributed by atoms with Gasteiger partial charge in [-0.15, -0.1) is 0 Å². The summed E-state index contributed by atoms with van der Waals surface area (Å²) in [6.45, 7) is 4.01. The first-order chi connectivity index (χ1) is 7.06. The van der Waals surface area contributed by atoms with Crippen LogP contribution in [0.2, 0.25) is 0 Å². The molecule has 0 atom stereocenters. The van der Waals surface area contributed by atoms with Crippen molar-refractivity contribution in [1.82, 2.24) is 9.97 Å². The fraction of sp³-hybridized carbons (Fsp3) is 0.444. The lowest BCUT2D eigenvalue weighted by Crippen LogP contribution is -2.21. The van der Waals surface area contributed by atoms with Crippen LogP contribution in [0, 0.1) is 6.92 Å². The van der Waals surface area contributed by atoms with Crippen molar-refractivity contribution in [3.63, 3.8) is 0 Å². The Morgan fingerprint density at radius 1 is 1.60 bits per heavy atom. The van der Waals surface area contributed by atoms with E-state index in [-0.39, 0.29) is 12.4 Å². The van der Waals surface area contributed by atoms with Crippen LogP contribution in [0.5, 0.6) is 0 Å². The molecule has 0 saturated carbocycles. The SMILES string of the molecule is CCOCc1nc(C(=O)O)[nH]c(=O)c1C. The summed E-state index contributed by atoms with van der Waals surface area (Å²) >= 11 is 0. The minimum atomic E-state index is -1.26. The summed E-state index contributed by atoms with van der Waals surface area (Å²) in [5.74, 6) is -1.62. The molecule has 0 aliphatic heterocycles. The number of aromatic carboxylic acids is 1. The van der Waals surface area contributed by atoms with Crippen LogP contribution >= 0.6 is 0 Å². The van der Waals surface area contributed by atoms with Gasteiger partial charge in [0, 0.05) is 12.2 Å². The maximum atomic E-state index is 11.3. The molecule has 0 bridgehead atoms. The first kappa shape index (κ1) is 11.4. The Hall–Kier alpha value is -1.69. The Morgan fingerprint density at radius 3 is 2.80 bits per heavy atom. The second-order valence-corrected chi connectivity index (χ2v) is 2.93. The van der Waals surface area contributed by atoms with Crippen LogP contribution in [-0.2, 0) is 11.3 Å². The lowest BCUT2D eigenvalue weighted by molar-refractivity contribution is 0.0681. The third-order valence-corrected chi connectivity index (χ3v) is 1.90. The van der Waals surface area contributed by atoms with E-state index in [2.05, 4.69) is 9.97 Å². The van der Waals surface area contributed by atoms with Crippen LogP contribution in [0.25, 0.3) is 0 Å². The van der Waals surface area contributed by atoms with Crippen LogP contribution in [0.3, 0.4) is 0 Å². The van der Waals surface area contributed by atoms with Crippen molar-refractivity contribution < 1.29 is 14.6 Å². The first-order valence-corrected chi connectivity index (χ1v) is 4.47. The predicted molar refractivity (Wildman–Crippen MR) is 51.9 cm³/mol. The van der Waals surface area contributed by atoms with Crippen molar-refractivity contribution in [3.05, 3.63) is 27.4 Å². The molecule has 2 N–H and O–H groups in total. The second kappa shape index (κ2) is 4.70. The highest BCUT2D eigenvalue weighted by Crippen LogP contribution is 2.01. The van der Waals surface area contributed by atoms with Crippen molar-refractivity contribution in [2.45, 2.75) is 20.5 Å². The number of carboxylic acids is 1. The first-order valence-electron chi connectivity index (χ1n) is 4.47. The number of nitrogens with one attached hydrogen (secondary N) is 1. The van der Waals surface area contributed by atoms with Gasteiger partial charge in [0.2, 0.25) is 5.82 Å². The summed E-state index contributed by atoms with van der Waals surface area (Å²) < 4.78 is 5.08. The average Bonchev–Trinajstić information content (AvgIpc) is 2.19. The minimum absolute atomic E-state index is 0.145. The maximum Gasteiger partial charge on any atom is 0.372 e. The normalized spacial score (nSPS) is 10.3. The largest absolute Gasteiger partial charge is 0.475 e. The smallest absolute Gasteiger partial charge is 0.372 e. The zero-order valence-corrected chi connectivity index (χ0v) is 8.53. The number of hydrogen-bond donors (Lipinski definition) is 2. The van der Waals surface area contributed by atoms with E-state index in [1.54, 1.807) is 13.8 Å². The number of aromatic amines is 1. The van der Waals surface area contributed by atoms with Crippen molar-refractivity contribution >= 4 is 5.97 Å². The van der Waals surface area contributed by atoms with Crippen LogP contribution < -0.4 is 5.56 Å². The molecule has 0 aliphatic carbocycles. The van der Waals surface area contributed by atoms with E-state index in [1.165, 1.54) is 0 Å². The van der Waals surface area contributed by atoms with E-state index in [0.29, 0.717) is 17.9 Å². The van der Waals surface area contributed by atoms with E-state index in [0.717, 1.165) is 0 Å². The van der Waals surface area contributed by atoms with Gasteiger partial charge in [-0.2, -0.15) is 0 Å². The molecule has 1 heterocycles. The number of ether oxygens (including phenoxy) is 1. The molecule has 0 radical (unpaired) electrons. The van der Waals surface area contributed by atoms with E-state index < -0.39 is 11.5 Å². The molecule has 0 aromatic carbocycles. The van der Waals surface area contributed by atoms with Gasteiger partial charge in [0.1, 0.15) is 0 Å². The van der Waals surface area contributed by atoms with Crippen LogP contribution in [0.15, 0.2) is 4.79 Å². The Balaban J connectivity index is 3.13. The van der Waals surface area contributed by atoms with Gasteiger partial charge in [-0.3, -0.25) is 4.79 Å². The quantitative estimate of drug-likeness (QED) is 0.749. The molecule has 0 saturated heterocycles. The van der Waals surface area contributed by atoms with Gasteiger partial charge in [-0.25, -0.2) is 9.78 Å².